The number of nitrogens with zero attached hydrogens (tertiary/aromatic N) is 1. The summed E-state index contributed by atoms with van der Waals surface area (Å²) in [4.78, 5) is 27.9. The van der Waals surface area contributed by atoms with Crippen molar-refractivity contribution >= 4 is 46.0 Å². The summed E-state index contributed by atoms with van der Waals surface area (Å²) in [7, 11) is 1.46. The van der Waals surface area contributed by atoms with Gasteiger partial charge >= 0.3 is 0 Å². The van der Waals surface area contributed by atoms with E-state index in [0.717, 1.165) is 5.56 Å². The van der Waals surface area contributed by atoms with Crippen LogP contribution in [0.3, 0.4) is 0 Å². The lowest BCUT2D eigenvalue weighted by Gasteiger charge is -2.40. The monoisotopic (exact) mass is 688 g/mol. The van der Waals surface area contributed by atoms with E-state index >= 15 is 0 Å². The highest BCUT2D eigenvalue weighted by Crippen LogP contribution is 2.37. The molecule has 0 saturated heterocycles. The predicted molar refractivity (Wildman–Crippen MR) is 157 cm³/mol. The van der Waals surface area contributed by atoms with Gasteiger partial charge in [-0.1, -0.05) is 23.7 Å². The lowest BCUT2D eigenvalue weighted by molar-refractivity contribution is -0.144. The minimum Gasteiger partial charge on any atom is -0.493 e. The molecule has 3 unspecified atom stereocenters. The second-order valence-electron chi connectivity index (χ2n) is 9.07. The Morgan fingerprint density at radius 3 is 2.52 bits per heavy atom. The molecule has 0 spiro atoms. The van der Waals surface area contributed by atoms with E-state index in [2.05, 4.69) is 5.32 Å². The molecule has 0 aliphatic heterocycles. The average molecular weight is 689 g/mol. The molecule has 1 aliphatic rings. The molecule has 218 valence electrons. The molecule has 0 saturated carbocycles. The Hall–Kier alpha value is -2.42. The number of hydrogen-bond donors (Lipinski definition) is 4. The number of amides is 2. The number of hydrogen-bond acceptors (Lipinski definition) is 8. The molecule has 0 aromatic heterocycles. The summed E-state index contributed by atoms with van der Waals surface area (Å²) >= 11 is 8.09. The van der Waals surface area contributed by atoms with Crippen molar-refractivity contribution in [3.05, 3.63) is 67.8 Å². The van der Waals surface area contributed by atoms with Crippen molar-refractivity contribution in [1.82, 2.24) is 10.2 Å². The quantitative estimate of drug-likeness (QED) is 0.236. The van der Waals surface area contributed by atoms with E-state index in [1.54, 1.807) is 43.3 Å². The van der Waals surface area contributed by atoms with Crippen LogP contribution in [0.4, 0.5) is 0 Å². The SMILES string of the molecule is CCOCC(=O)N(Cc1ccc(Cl)cc1)C1CC(C(=O)NCCO)=CC(Oc2c(I)cc(CO)cc2OC)C1O. The minimum atomic E-state index is -1.23. The van der Waals surface area contributed by atoms with E-state index < -0.39 is 24.2 Å². The fraction of sp³-hybridized carbons (Fsp3) is 0.429. The third-order valence-corrected chi connectivity index (χ3v) is 7.41. The molecule has 40 heavy (non-hydrogen) atoms. The lowest BCUT2D eigenvalue weighted by atomic mass is 9.87. The summed E-state index contributed by atoms with van der Waals surface area (Å²) in [6, 6.07) is 9.49. The normalized spacial score (nSPS) is 18.6. The Morgan fingerprint density at radius 2 is 1.90 bits per heavy atom. The zero-order valence-corrected chi connectivity index (χ0v) is 25.2. The zero-order valence-electron chi connectivity index (χ0n) is 22.3. The van der Waals surface area contributed by atoms with E-state index in [1.165, 1.54) is 18.1 Å². The number of methoxy groups -OCH3 is 1. The highest BCUT2D eigenvalue weighted by molar-refractivity contribution is 14.1. The maximum atomic E-state index is 13.4. The van der Waals surface area contributed by atoms with Crippen molar-refractivity contribution in [2.24, 2.45) is 0 Å². The van der Waals surface area contributed by atoms with Crippen LogP contribution in [0.15, 0.2) is 48.0 Å². The van der Waals surface area contributed by atoms with Crippen molar-refractivity contribution in [1.29, 1.82) is 0 Å². The number of carbonyl (C=O) groups is 2. The number of benzene rings is 2. The van der Waals surface area contributed by atoms with E-state index in [9.17, 15) is 24.9 Å². The standard InChI is InChI=1S/C28H34ClIN2O8/c1-3-39-16-25(35)32(14-17-4-6-20(29)7-5-17)22-12-19(28(37)31-8-9-33)13-23(26(22)36)40-27-21(30)10-18(15-34)11-24(27)38-2/h4-7,10-11,13,22-23,26,33-34,36H,3,8-9,12,14-16H2,1-2H3,(H,31,37). The van der Waals surface area contributed by atoms with E-state index in [-0.39, 0.29) is 45.2 Å². The van der Waals surface area contributed by atoms with Crippen LogP contribution in [-0.2, 0) is 27.5 Å². The number of halogens is 2. The van der Waals surface area contributed by atoms with Gasteiger partial charge in [-0.2, -0.15) is 0 Å². The molecule has 10 nitrogen and oxygen atoms in total. The molecule has 1 aliphatic carbocycles. The molecule has 0 radical (unpaired) electrons. The first-order chi connectivity index (χ1) is 19.2. The average Bonchev–Trinajstić information content (AvgIpc) is 2.96. The van der Waals surface area contributed by atoms with Crippen LogP contribution in [0.1, 0.15) is 24.5 Å². The van der Waals surface area contributed by atoms with Crippen molar-refractivity contribution in [3.8, 4) is 11.5 Å². The summed E-state index contributed by atoms with van der Waals surface area (Å²) in [5, 5.41) is 33.6. The molecule has 3 atom stereocenters. The fourth-order valence-corrected chi connectivity index (χ4v) is 5.26. The van der Waals surface area contributed by atoms with Gasteiger partial charge in [-0.25, -0.2) is 0 Å². The number of aliphatic hydroxyl groups excluding tert-OH is 3. The highest BCUT2D eigenvalue weighted by Gasteiger charge is 2.41. The molecule has 3 rings (SSSR count). The van der Waals surface area contributed by atoms with E-state index in [0.29, 0.717) is 37.8 Å². The largest absolute Gasteiger partial charge is 0.493 e. The predicted octanol–water partition coefficient (Wildman–Crippen LogP) is 2.43. The molecule has 0 bridgehead atoms. The van der Waals surface area contributed by atoms with E-state index in [1.807, 2.05) is 22.6 Å². The second-order valence-corrected chi connectivity index (χ2v) is 10.7. The zero-order chi connectivity index (χ0) is 29.2. The van der Waals surface area contributed by atoms with Crippen molar-refractivity contribution in [2.75, 3.05) is 33.5 Å². The maximum Gasteiger partial charge on any atom is 0.249 e. The van der Waals surface area contributed by atoms with Gasteiger partial charge in [-0.05, 0) is 71.0 Å². The molecular weight excluding hydrogens is 655 g/mol. The summed E-state index contributed by atoms with van der Waals surface area (Å²) in [5.74, 6) is -0.145. The van der Waals surface area contributed by atoms with Crippen LogP contribution in [0.5, 0.6) is 11.5 Å². The van der Waals surface area contributed by atoms with Gasteiger partial charge in [0.1, 0.15) is 18.8 Å². The fourth-order valence-electron chi connectivity index (χ4n) is 4.34. The Kier molecular flexibility index (Phi) is 12.5. The summed E-state index contributed by atoms with van der Waals surface area (Å²) in [5.41, 5.74) is 1.68. The minimum absolute atomic E-state index is 0.0427. The second kappa shape index (κ2) is 15.5. The van der Waals surface area contributed by atoms with Crippen LogP contribution in [0.25, 0.3) is 0 Å². The molecule has 0 fully saturated rings. The smallest absolute Gasteiger partial charge is 0.249 e. The molecule has 0 heterocycles. The number of rotatable bonds is 13. The summed E-state index contributed by atoms with van der Waals surface area (Å²) in [6.45, 7) is 1.64. The van der Waals surface area contributed by atoms with Crippen molar-refractivity contribution < 1.29 is 39.1 Å². The van der Waals surface area contributed by atoms with Crippen LogP contribution in [0.2, 0.25) is 5.02 Å². The summed E-state index contributed by atoms with van der Waals surface area (Å²) in [6.07, 6.45) is -0.702. The molecule has 4 N–H and O–H groups in total. The van der Waals surface area contributed by atoms with Crippen LogP contribution < -0.4 is 14.8 Å². The Morgan fingerprint density at radius 1 is 1.18 bits per heavy atom. The van der Waals surface area contributed by atoms with Gasteiger partial charge in [0.15, 0.2) is 11.5 Å². The van der Waals surface area contributed by atoms with E-state index in [4.69, 9.17) is 25.8 Å². The number of ether oxygens (including phenoxy) is 3. The topological polar surface area (TPSA) is 138 Å². The third kappa shape index (κ3) is 8.30. The van der Waals surface area contributed by atoms with Gasteiger partial charge in [0.05, 0.1) is 29.9 Å². The number of aliphatic hydroxyl groups is 3. The third-order valence-electron chi connectivity index (χ3n) is 6.36. The molecule has 2 aromatic rings. The van der Waals surface area contributed by atoms with Gasteiger partial charge in [0, 0.05) is 36.7 Å². The molecule has 2 amide bonds. The van der Waals surface area contributed by atoms with Crippen LogP contribution in [-0.4, -0.2) is 83.8 Å². The maximum absolute atomic E-state index is 13.4. The van der Waals surface area contributed by atoms with Crippen molar-refractivity contribution in [3.63, 3.8) is 0 Å². The van der Waals surface area contributed by atoms with Gasteiger partial charge in [0.25, 0.3) is 0 Å². The van der Waals surface area contributed by atoms with Crippen molar-refractivity contribution in [2.45, 2.75) is 44.7 Å². The first kappa shape index (κ1) is 32.1. The number of carbonyl (C=O) groups excluding carboxylic acids is 2. The van der Waals surface area contributed by atoms with Crippen LogP contribution >= 0.6 is 34.2 Å². The molecule has 12 heteroatoms. The first-order valence-corrected chi connectivity index (χ1v) is 14.2. The van der Waals surface area contributed by atoms with Gasteiger partial charge < -0.3 is 39.7 Å². The highest BCUT2D eigenvalue weighted by atomic mass is 127. The Bertz CT molecular complexity index is 1190. The molecule has 2 aromatic carbocycles. The first-order valence-electron chi connectivity index (χ1n) is 12.8. The Labute approximate surface area is 252 Å². The van der Waals surface area contributed by atoms with Gasteiger partial charge in [-0.3, -0.25) is 9.59 Å². The van der Waals surface area contributed by atoms with Gasteiger partial charge in [0.2, 0.25) is 11.8 Å². The number of nitrogens with one attached hydrogen (secondary N) is 1. The lowest BCUT2D eigenvalue weighted by Crippen LogP contribution is -2.55. The summed E-state index contributed by atoms with van der Waals surface area (Å²) < 4.78 is 17.7. The van der Waals surface area contributed by atoms with Gasteiger partial charge in [-0.15, -0.1) is 0 Å². The van der Waals surface area contributed by atoms with Crippen LogP contribution in [0, 0.1) is 3.57 Å². The Balaban J connectivity index is 2.02. The molecular formula is C28H34ClIN2O8.